The summed E-state index contributed by atoms with van der Waals surface area (Å²) in [6.45, 7) is 4.36. The summed E-state index contributed by atoms with van der Waals surface area (Å²) in [5, 5.41) is 4.37. The van der Waals surface area contributed by atoms with Gasteiger partial charge in [-0.2, -0.15) is 5.10 Å². The maximum Gasteiger partial charge on any atom is 0.0785 e. The zero-order valence-corrected chi connectivity index (χ0v) is 10.3. The lowest BCUT2D eigenvalue weighted by Crippen LogP contribution is -2.39. The molecule has 0 atom stereocenters. The molecule has 1 aromatic heterocycles. The van der Waals surface area contributed by atoms with Crippen LogP contribution in [0.3, 0.4) is 0 Å². The van der Waals surface area contributed by atoms with Gasteiger partial charge in [-0.3, -0.25) is 4.68 Å². The van der Waals surface area contributed by atoms with E-state index in [4.69, 9.17) is 5.73 Å². The predicted octanol–water partition coefficient (Wildman–Crippen LogP) is 1.30. The highest BCUT2D eigenvalue weighted by Crippen LogP contribution is 2.24. The van der Waals surface area contributed by atoms with Crippen molar-refractivity contribution in [3.63, 3.8) is 0 Å². The van der Waals surface area contributed by atoms with Gasteiger partial charge in [0.15, 0.2) is 0 Å². The third-order valence-electron chi connectivity index (χ3n) is 3.41. The first-order chi connectivity index (χ1) is 7.72. The van der Waals surface area contributed by atoms with Crippen molar-refractivity contribution >= 4 is 5.69 Å². The smallest absolute Gasteiger partial charge is 0.0785 e. The average Bonchev–Trinajstić information content (AvgIpc) is 2.63. The lowest BCUT2D eigenvalue weighted by molar-refractivity contribution is 0.500. The van der Waals surface area contributed by atoms with Crippen molar-refractivity contribution in [2.75, 3.05) is 18.0 Å². The van der Waals surface area contributed by atoms with E-state index in [0.29, 0.717) is 6.04 Å². The van der Waals surface area contributed by atoms with Crippen LogP contribution in [0.15, 0.2) is 6.20 Å². The van der Waals surface area contributed by atoms with Crippen molar-refractivity contribution in [1.29, 1.82) is 0 Å². The van der Waals surface area contributed by atoms with E-state index in [2.05, 4.69) is 16.9 Å². The van der Waals surface area contributed by atoms with Gasteiger partial charge in [0.25, 0.3) is 0 Å². The summed E-state index contributed by atoms with van der Waals surface area (Å²) in [6, 6.07) is 0.391. The van der Waals surface area contributed by atoms with Crippen molar-refractivity contribution in [2.24, 2.45) is 12.8 Å². The van der Waals surface area contributed by atoms with Crippen molar-refractivity contribution in [2.45, 2.75) is 38.6 Å². The summed E-state index contributed by atoms with van der Waals surface area (Å²) >= 11 is 0. The molecule has 2 N–H and O–H groups in total. The molecule has 0 spiro atoms. The number of nitrogens with zero attached hydrogens (tertiary/aromatic N) is 3. The highest BCUT2D eigenvalue weighted by molar-refractivity contribution is 5.50. The van der Waals surface area contributed by atoms with E-state index in [-0.39, 0.29) is 0 Å². The molecule has 4 heteroatoms. The molecule has 1 aliphatic rings. The van der Waals surface area contributed by atoms with E-state index < -0.39 is 0 Å². The number of rotatable bonds is 3. The normalized spacial score (nSPS) is 18.1. The molecule has 0 unspecified atom stereocenters. The highest BCUT2D eigenvalue weighted by Gasteiger charge is 2.20. The maximum absolute atomic E-state index is 5.93. The quantitative estimate of drug-likeness (QED) is 0.838. The van der Waals surface area contributed by atoms with Crippen LogP contribution in [0, 0.1) is 0 Å². The van der Waals surface area contributed by atoms with Crippen LogP contribution in [0.25, 0.3) is 0 Å². The standard InChI is InChI=1S/C12H22N4/c1-3-4-11-12(9-14-15(11)2)16-7-5-10(13)6-8-16/h9-10H,3-8,13H2,1-2H3. The molecule has 0 saturated carbocycles. The van der Waals surface area contributed by atoms with Gasteiger partial charge in [-0.05, 0) is 19.3 Å². The van der Waals surface area contributed by atoms with E-state index in [1.165, 1.54) is 17.8 Å². The van der Waals surface area contributed by atoms with Crippen LogP contribution in [0.4, 0.5) is 5.69 Å². The Labute approximate surface area is 97.4 Å². The molecule has 2 heterocycles. The van der Waals surface area contributed by atoms with Crippen LogP contribution in [0.2, 0.25) is 0 Å². The van der Waals surface area contributed by atoms with Crippen LogP contribution in [-0.4, -0.2) is 28.9 Å². The van der Waals surface area contributed by atoms with E-state index in [0.717, 1.165) is 32.4 Å². The lowest BCUT2D eigenvalue weighted by Gasteiger charge is -2.31. The number of hydrogen-bond acceptors (Lipinski definition) is 3. The topological polar surface area (TPSA) is 47.1 Å². The summed E-state index contributed by atoms with van der Waals surface area (Å²) < 4.78 is 2.01. The van der Waals surface area contributed by atoms with Crippen molar-refractivity contribution in [1.82, 2.24) is 9.78 Å². The number of anilines is 1. The van der Waals surface area contributed by atoms with Gasteiger partial charge in [0.2, 0.25) is 0 Å². The lowest BCUT2D eigenvalue weighted by atomic mass is 10.1. The van der Waals surface area contributed by atoms with E-state index in [1.54, 1.807) is 0 Å². The van der Waals surface area contributed by atoms with Crippen LogP contribution in [0.5, 0.6) is 0 Å². The largest absolute Gasteiger partial charge is 0.369 e. The Balaban J connectivity index is 2.13. The molecule has 0 bridgehead atoms. The first kappa shape index (κ1) is 11.5. The molecule has 90 valence electrons. The van der Waals surface area contributed by atoms with Gasteiger partial charge in [0, 0.05) is 26.2 Å². The van der Waals surface area contributed by atoms with E-state index in [1.807, 2.05) is 17.9 Å². The summed E-state index contributed by atoms with van der Waals surface area (Å²) in [5.74, 6) is 0. The fraction of sp³-hybridized carbons (Fsp3) is 0.750. The first-order valence-corrected chi connectivity index (χ1v) is 6.23. The van der Waals surface area contributed by atoms with Crippen molar-refractivity contribution in [3.8, 4) is 0 Å². The second-order valence-electron chi connectivity index (χ2n) is 4.67. The van der Waals surface area contributed by atoms with Crippen LogP contribution >= 0.6 is 0 Å². The van der Waals surface area contributed by atoms with E-state index >= 15 is 0 Å². The van der Waals surface area contributed by atoms with Crippen molar-refractivity contribution in [3.05, 3.63) is 11.9 Å². The summed E-state index contributed by atoms with van der Waals surface area (Å²) in [4.78, 5) is 2.43. The molecule has 0 aliphatic carbocycles. The molecule has 0 aromatic carbocycles. The number of hydrogen-bond donors (Lipinski definition) is 1. The second kappa shape index (κ2) is 4.87. The summed E-state index contributed by atoms with van der Waals surface area (Å²) in [6.07, 6.45) is 6.47. The molecule has 4 nitrogen and oxygen atoms in total. The Morgan fingerprint density at radius 3 is 2.75 bits per heavy atom. The van der Waals surface area contributed by atoms with Crippen LogP contribution in [0.1, 0.15) is 31.9 Å². The van der Waals surface area contributed by atoms with Crippen LogP contribution < -0.4 is 10.6 Å². The Hall–Kier alpha value is -1.03. The Bertz CT molecular complexity index is 337. The van der Waals surface area contributed by atoms with Crippen LogP contribution in [-0.2, 0) is 13.5 Å². The Kier molecular flexibility index (Phi) is 3.49. The Morgan fingerprint density at radius 2 is 2.12 bits per heavy atom. The third kappa shape index (κ3) is 2.21. The zero-order chi connectivity index (χ0) is 11.5. The summed E-state index contributed by atoms with van der Waals surface area (Å²) in [7, 11) is 2.03. The fourth-order valence-corrected chi connectivity index (χ4v) is 2.38. The number of nitrogens with two attached hydrogens (primary N) is 1. The van der Waals surface area contributed by atoms with Gasteiger partial charge < -0.3 is 10.6 Å². The molecule has 1 aromatic rings. The first-order valence-electron chi connectivity index (χ1n) is 6.23. The molecular weight excluding hydrogens is 200 g/mol. The third-order valence-corrected chi connectivity index (χ3v) is 3.41. The SMILES string of the molecule is CCCc1c(N2CCC(N)CC2)cnn1C. The zero-order valence-electron chi connectivity index (χ0n) is 10.3. The molecule has 0 radical (unpaired) electrons. The molecule has 0 amide bonds. The minimum absolute atomic E-state index is 0.391. The number of piperidine rings is 1. The number of aromatic nitrogens is 2. The van der Waals surface area contributed by atoms with Gasteiger partial charge in [-0.15, -0.1) is 0 Å². The molecule has 1 saturated heterocycles. The minimum atomic E-state index is 0.391. The van der Waals surface area contributed by atoms with Gasteiger partial charge in [0.1, 0.15) is 0 Å². The van der Waals surface area contributed by atoms with Gasteiger partial charge >= 0.3 is 0 Å². The predicted molar refractivity (Wildman–Crippen MR) is 66.6 cm³/mol. The van der Waals surface area contributed by atoms with Crippen molar-refractivity contribution < 1.29 is 0 Å². The molecular formula is C12H22N4. The second-order valence-corrected chi connectivity index (χ2v) is 4.67. The maximum atomic E-state index is 5.93. The average molecular weight is 222 g/mol. The van der Waals surface area contributed by atoms with Gasteiger partial charge in [-0.25, -0.2) is 0 Å². The van der Waals surface area contributed by atoms with Gasteiger partial charge in [-0.1, -0.05) is 13.3 Å². The molecule has 16 heavy (non-hydrogen) atoms. The van der Waals surface area contributed by atoms with Gasteiger partial charge in [0.05, 0.1) is 17.6 Å². The monoisotopic (exact) mass is 222 g/mol. The Morgan fingerprint density at radius 1 is 1.44 bits per heavy atom. The highest BCUT2D eigenvalue weighted by atomic mass is 15.3. The molecule has 1 aliphatic heterocycles. The minimum Gasteiger partial charge on any atom is -0.369 e. The fourth-order valence-electron chi connectivity index (χ4n) is 2.38. The summed E-state index contributed by atoms with van der Waals surface area (Å²) in [5.41, 5.74) is 8.60. The number of aryl methyl sites for hydroxylation is 1. The van der Waals surface area contributed by atoms with E-state index in [9.17, 15) is 0 Å². The molecule has 2 rings (SSSR count). The molecule has 1 fully saturated rings.